The fourth-order valence-corrected chi connectivity index (χ4v) is 1.88. The summed E-state index contributed by atoms with van der Waals surface area (Å²) in [6.07, 6.45) is 2.78. The Bertz CT molecular complexity index is 636. The van der Waals surface area contributed by atoms with Gasteiger partial charge in [-0.2, -0.15) is 0 Å². The van der Waals surface area contributed by atoms with Crippen LogP contribution in [0.1, 0.15) is 24.2 Å². The zero-order chi connectivity index (χ0) is 14.2. The van der Waals surface area contributed by atoms with E-state index in [9.17, 15) is 9.18 Å². The smallest absolute Gasteiger partial charge is 0.340 e. The maximum Gasteiger partial charge on any atom is 0.340 e. The number of fused-ring (bicyclic) bond motifs is 1. The summed E-state index contributed by atoms with van der Waals surface area (Å²) in [5.41, 5.74) is 5.59. The predicted octanol–water partition coefficient (Wildman–Crippen LogP) is 1.50. The van der Waals surface area contributed by atoms with Gasteiger partial charge in [-0.05, 0) is 13.8 Å². The van der Waals surface area contributed by atoms with E-state index in [2.05, 4.69) is 9.97 Å². The van der Waals surface area contributed by atoms with E-state index in [4.69, 9.17) is 10.5 Å². The van der Waals surface area contributed by atoms with Crippen LogP contribution >= 0.6 is 0 Å². The van der Waals surface area contributed by atoms with Gasteiger partial charge in [0, 0.05) is 6.20 Å². The molecule has 7 heteroatoms. The van der Waals surface area contributed by atoms with Crippen molar-refractivity contribution in [3.05, 3.63) is 18.1 Å². The number of hydrogen-bond donors (Lipinski definition) is 1. The highest BCUT2D eigenvalue weighted by Crippen LogP contribution is 2.29. The van der Waals surface area contributed by atoms with Crippen molar-refractivity contribution in [1.82, 2.24) is 14.5 Å². The molecule has 2 aromatic rings. The lowest BCUT2D eigenvalue weighted by Gasteiger charge is -2.23. The van der Waals surface area contributed by atoms with E-state index < -0.39 is 18.2 Å². The Hall–Kier alpha value is -2.18. The number of rotatable bonds is 3. The molecular weight excluding hydrogens is 251 g/mol. The second-order valence-corrected chi connectivity index (χ2v) is 4.81. The van der Waals surface area contributed by atoms with Crippen LogP contribution in [0, 0.1) is 0 Å². The van der Waals surface area contributed by atoms with Gasteiger partial charge in [0.15, 0.2) is 0 Å². The Morgan fingerprint density at radius 2 is 2.21 bits per heavy atom. The fraction of sp³-hybridized carbons (Fsp3) is 0.417. The van der Waals surface area contributed by atoms with E-state index >= 15 is 0 Å². The fourth-order valence-electron chi connectivity index (χ4n) is 1.88. The molecule has 0 fully saturated rings. The largest absolute Gasteiger partial charge is 0.465 e. The predicted molar refractivity (Wildman–Crippen MR) is 68.6 cm³/mol. The average molecular weight is 266 g/mol. The van der Waals surface area contributed by atoms with E-state index in [0.29, 0.717) is 11.0 Å². The lowest BCUT2D eigenvalue weighted by Crippen LogP contribution is -2.28. The van der Waals surface area contributed by atoms with E-state index in [-0.39, 0.29) is 11.4 Å². The SMILES string of the molecule is COC(=O)c1cn(C(C)(C)CF)c2ncnc(N)c12. The minimum Gasteiger partial charge on any atom is -0.465 e. The van der Waals surface area contributed by atoms with Gasteiger partial charge in [0.25, 0.3) is 0 Å². The molecule has 2 rings (SSSR count). The van der Waals surface area contributed by atoms with Crippen LogP contribution < -0.4 is 5.73 Å². The third-order valence-electron chi connectivity index (χ3n) is 3.00. The molecule has 2 heterocycles. The maximum atomic E-state index is 13.2. The Morgan fingerprint density at radius 3 is 2.79 bits per heavy atom. The first kappa shape index (κ1) is 13.3. The van der Waals surface area contributed by atoms with Crippen molar-refractivity contribution in [3.8, 4) is 0 Å². The Labute approximate surface area is 109 Å². The van der Waals surface area contributed by atoms with Crippen molar-refractivity contribution < 1.29 is 13.9 Å². The summed E-state index contributed by atoms with van der Waals surface area (Å²) in [6.45, 7) is 2.79. The quantitative estimate of drug-likeness (QED) is 0.851. The maximum absolute atomic E-state index is 13.2. The molecule has 0 aliphatic rings. The van der Waals surface area contributed by atoms with Crippen LogP contribution in [0.3, 0.4) is 0 Å². The van der Waals surface area contributed by atoms with Crippen LogP contribution in [0.25, 0.3) is 11.0 Å². The van der Waals surface area contributed by atoms with Gasteiger partial charge >= 0.3 is 5.97 Å². The van der Waals surface area contributed by atoms with E-state index in [1.165, 1.54) is 19.6 Å². The van der Waals surface area contributed by atoms with Crippen LogP contribution in [-0.4, -0.2) is 34.3 Å². The molecule has 0 spiro atoms. The molecule has 2 aromatic heterocycles. The summed E-state index contributed by atoms with van der Waals surface area (Å²) >= 11 is 0. The third kappa shape index (κ3) is 2.00. The number of carbonyl (C=O) groups is 1. The second-order valence-electron chi connectivity index (χ2n) is 4.81. The zero-order valence-corrected chi connectivity index (χ0v) is 11.0. The van der Waals surface area contributed by atoms with E-state index in [1.54, 1.807) is 18.4 Å². The van der Waals surface area contributed by atoms with Gasteiger partial charge in [0.05, 0.1) is 23.6 Å². The van der Waals surface area contributed by atoms with Gasteiger partial charge < -0.3 is 15.0 Å². The lowest BCUT2D eigenvalue weighted by molar-refractivity contribution is 0.0602. The first-order valence-electron chi connectivity index (χ1n) is 5.68. The monoisotopic (exact) mass is 266 g/mol. The first-order chi connectivity index (χ1) is 8.92. The van der Waals surface area contributed by atoms with Crippen LogP contribution in [0.2, 0.25) is 0 Å². The molecular formula is C12H15FN4O2. The number of anilines is 1. The Morgan fingerprint density at radius 1 is 1.53 bits per heavy atom. The minimum absolute atomic E-state index is 0.166. The standard InChI is InChI=1S/C12H15FN4O2/c1-12(2,5-13)17-4-7(11(18)19-3)8-9(14)15-6-16-10(8)17/h4,6H,5H2,1-3H3,(H2,14,15,16). The molecule has 0 aromatic carbocycles. The molecule has 0 aliphatic heterocycles. The summed E-state index contributed by atoms with van der Waals surface area (Å²) in [5.74, 6) is -0.390. The normalized spacial score (nSPS) is 11.8. The molecule has 2 N–H and O–H groups in total. The van der Waals surface area contributed by atoms with Gasteiger partial charge in [-0.25, -0.2) is 19.2 Å². The van der Waals surface area contributed by atoms with Crippen LogP contribution in [0.4, 0.5) is 10.2 Å². The summed E-state index contributed by atoms with van der Waals surface area (Å²) in [7, 11) is 1.27. The van der Waals surface area contributed by atoms with E-state index in [0.717, 1.165) is 0 Å². The molecule has 0 saturated heterocycles. The second kappa shape index (κ2) is 4.49. The van der Waals surface area contributed by atoms with Crippen LogP contribution in [0.15, 0.2) is 12.5 Å². The molecule has 6 nitrogen and oxygen atoms in total. The number of hydrogen-bond acceptors (Lipinski definition) is 5. The van der Waals surface area contributed by atoms with Crippen molar-refractivity contribution in [2.45, 2.75) is 19.4 Å². The van der Waals surface area contributed by atoms with Crippen molar-refractivity contribution in [2.75, 3.05) is 19.5 Å². The number of nitrogen functional groups attached to an aromatic ring is 1. The van der Waals surface area contributed by atoms with Crippen LogP contribution in [0.5, 0.6) is 0 Å². The molecule has 102 valence electrons. The van der Waals surface area contributed by atoms with Crippen molar-refractivity contribution >= 4 is 22.8 Å². The third-order valence-corrected chi connectivity index (χ3v) is 3.00. The number of methoxy groups -OCH3 is 1. The van der Waals surface area contributed by atoms with E-state index in [1.807, 2.05) is 0 Å². The molecule has 0 unspecified atom stereocenters. The summed E-state index contributed by atoms with van der Waals surface area (Å²) in [4.78, 5) is 19.7. The lowest BCUT2D eigenvalue weighted by atomic mass is 10.1. The zero-order valence-electron chi connectivity index (χ0n) is 11.0. The number of halogens is 1. The van der Waals surface area contributed by atoms with Crippen molar-refractivity contribution in [1.29, 1.82) is 0 Å². The van der Waals surface area contributed by atoms with Gasteiger partial charge in [-0.3, -0.25) is 0 Å². The molecule has 19 heavy (non-hydrogen) atoms. The van der Waals surface area contributed by atoms with Gasteiger partial charge in [-0.1, -0.05) is 0 Å². The Balaban J connectivity index is 2.82. The van der Waals surface area contributed by atoms with Gasteiger partial charge in [0.2, 0.25) is 0 Å². The van der Waals surface area contributed by atoms with Crippen LogP contribution in [-0.2, 0) is 10.3 Å². The number of nitrogens with two attached hydrogens (primary N) is 1. The topological polar surface area (TPSA) is 83.0 Å². The molecule has 0 aliphatic carbocycles. The number of alkyl halides is 1. The molecule has 0 amide bonds. The number of ether oxygens (including phenoxy) is 1. The number of esters is 1. The van der Waals surface area contributed by atoms with Gasteiger partial charge in [0.1, 0.15) is 24.5 Å². The summed E-state index contributed by atoms with van der Waals surface area (Å²) < 4.78 is 19.4. The average Bonchev–Trinajstić information content (AvgIpc) is 2.79. The molecule has 0 saturated carbocycles. The highest BCUT2D eigenvalue weighted by Gasteiger charge is 2.27. The first-order valence-corrected chi connectivity index (χ1v) is 5.68. The highest BCUT2D eigenvalue weighted by molar-refractivity contribution is 6.07. The highest BCUT2D eigenvalue weighted by atomic mass is 19.1. The number of aromatic nitrogens is 3. The molecule has 0 atom stereocenters. The minimum atomic E-state index is -0.842. The van der Waals surface area contributed by atoms with Crippen molar-refractivity contribution in [2.24, 2.45) is 0 Å². The Kier molecular flexibility index (Phi) is 3.13. The summed E-state index contributed by atoms with van der Waals surface area (Å²) in [5, 5.41) is 0.385. The molecule has 0 bridgehead atoms. The number of carbonyl (C=O) groups excluding carboxylic acids is 1. The molecule has 0 radical (unpaired) electrons. The van der Waals surface area contributed by atoms with Crippen molar-refractivity contribution in [3.63, 3.8) is 0 Å². The number of nitrogens with zero attached hydrogens (tertiary/aromatic N) is 3. The van der Waals surface area contributed by atoms with Gasteiger partial charge in [-0.15, -0.1) is 0 Å². The summed E-state index contributed by atoms with van der Waals surface area (Å²) in [6, 6.07) is 0.